The fraction of sp³-hybridized carbons (Fsp3) is 0.444. The van der Waals surface area contributed by atoms with Crippen LogP contribution in [-0.4, -0.2) is 55.2 Å². The molecule has 1 aromatic carbocycles. The zero-order valence-corrected chi connectivity index (χ0v) is 14.6. The number of ether oxygens (including phenoxy) is 1. The first-order valence-corrected chi connectivity index (χ1v) is 8.26. The Morgan fingerprint density at radius 2 is 2.12 bits per heavy atom. The molecule has 0 amide bonds. The molecule has 1 aromatic heterocycles. The molecule has 0 spiro atoms. The Labute approximate surface area is 143 Å². The van der Waals surface area contributed by atoms with E-state index >= 15 is 0 Å². The SMILES string of the molecule is COc1ccccc1CN1CCC(Nc2cc(N(C)C)ncn2)C1. The number of rotatable bonds is 6. The van der Waals surface area contributed by atoms with Gasteiger partial charge >= 0.3 is 0 Å². The number of aromatic nitrogens is 2. The molecular weight excluding hydrogens is 302 g/mol. The third kappa shape index (κ3) is 3.94. The van der Waals surface area contributed by atoms with Crippen LogP contribution in [0, 0.1) is 0 Å². The predicted molar refractivity (Wildman–Crippen MR) is 96.7 cm³/mol. The number of hydrogen-bond acceptors (Lipinski definition) is 6. The summed E-state index contributed by atoms with van der Waals surface area (Å²) in [6.45, 7) is 2.98. The van der Waals surface area contributed by atoms with Crippen molar-refractivity contribution >= 4 is 11.6 Å². The standard InChI is InChI=1S/C18H25N5O/c1-22(2)18-10-17(19-13-20-18)21-15-8-9-23(12-15)11-14-6-4-5-7-16(14)24-3/h4-7,10,13,15H,8-9,11-12H2,1-3H3,(H,19,20,21). The van der Waals surface area contributed by atoms with Crippen LogP contribution in [0.2, 0.25) is 0 Å². The van der Waals surface area contributed by atoms with Gasteiger partial charge in [-0.15, -0.1) is 0 Å². The van der Waals surface area contributed by atoms with Crippen LogP contribution in [0.4, 0.5) is 11.6 Å². The molecule has 1 saturated heterocycles. The fourth-order valence-corrected chi connectivity index (χ4v) is 3.05. The fourth-order valence-electron chi connectivity index (χ4n) is 3.05. The summed E-state index contributed by atoms with van der Waals surface area (Å²) in [5.41, 5.74) is 1.23. The van der Waals surface area contributed by atoms with Crippen LogP contribution >= 0.6 is 0 Å². The van der Waals surface area contributed by atoms with Crippen LogP contribution in [0.3, 0.4) is 0 Å². The highest BCUT2D eigenvalue weighted by Crippen LogP contribution is 2.23. The molecule has 0 saturated carbocycles. The molecular formula is C18H25N5O. The highest BCUT2D eigenvalue weighted by molar-refractivity contribution is 5.48. The molecule has 24 heavy (non-hydrogen) atoms. The van der Waals surface area contributed by atoms with Crippen LogP contribution in [0.1, 0.15) is 12.0 Å². The second-order valence-corrected chi connectivity index (χ2v) is 6.33. The molecule has 6 heteroatoms. The Bertz CT molecular complexity index is 676. The van der Waals surface area contributed by atoms with Crippen molar-refractivity contribution in [3.05, 3.63) is 42.2 Å². The average molecular weight is 327 g/mol. The summed E-state index contributed by atoms with van der Waals surface area (Å²) in [6.07, 6.45) is 2.72. The number of benzene rings is 1. The Hall–Kier alpha value is -2.34. The molecule has 0 bridgehead atoms. The number of anilines is 2. The van der Waals surface area contributed by atoms with Gasteiger partial charge in [0, 0.05) is 51.4 Å². The first kappa shape index (κ1) is 16.5. The van der Waals surface area contributed by atoms with E-state index in [2.05, 4.69) is 32.3 Å². The minimum Gasteiger partial charge on any atom is -0.496 e. The first-order chi connectivity index (χ1) is 11.7. The van der Waals surface area contributed by atoms with Crippen molar-refractivity contribution in [2.75, 3.05) is 44.5 Å². The van der Waals surface area contributed by atoms with Gasteiger partial charge in [-0.05, 0) is 12.5 Å². The molecule has 128 valence electrons. The minimum atomic E-state index is 0.407. The normalized spacial score (nSPS) is 17.7. The lowest BCUT2D eigenvalue weighted by Crippen LogP contribution is -2.26. The molecule has 2 aromatic rings. The van der Waals surface area contributed by atoms with E-state index in [1.165, 1.54) is 5.56 Å². The number of methoxy groups -OCH3 is 1. The monoisotopic (exact) mass is 327 g/mol. The maximum Gasteiger partial charge on any atom is 0.133 e. The van der Waals surface area contributed by atoms with Crippen molar-refractivity contribution in [1.29, 1.82) is 0 Å². The smallest absolute Gasteiger partial charge is 0.133 e. The molecule has 1 atom stereocenters. The third-order valence-electron chi connectivity index (χ3n) is 4.32. The van der Waals surface area contributed by atoms with Crippen LogP contribution in [0.25, 0.3) is 0 Å². The van der Waals surface area contributed by atoms with E-state index < -0.39 is 0 Å². The molecule has 1 N–H and O–H groups in total. The molecule has 6 nitrogen and oxygen atoms in total. The zero-order valence-electron chi connectivity index (χ0n) is 14.6. The van der Waals surface area contributed by atoms with E-state index in [-0.39, 0.29) is 0 Å². The van der Waals surface area contributed by atoms with Crippen molar-refractivity contribution in [3.8, 4) is 5.75 Å². The number of nitrogens with zero attached hydrogens (tertiary/aromatic N) is 4. The largest absolute Gasteiger partial charge is 0.496 e. The summed E-state index contributed by atoms with van der Waals surface area (Å²) in [5.74, 6) is 2.76. The van der Waals surface area contributed by atoms with Gasteiger partial charge in [-0.1, -0.05) is 18.2 Å². The third-order valence-corrected chi connectivity index (χ3v) is 4.32. The summed E-state index contributed by atoms with van der Waals surface area (Å²) in [4.78, 5) is 13.0. The van der Waals surface area contributed by atoms with Gasteiger partial charge in [-0.3, -0.25) is 4.90 Å². The van der Waals surface area contributed by atoms with E-state index in [1.54, 1.807) is 13.4 Å². The molecule has 1 fully saturated rings. The number of nitrogens with one attached hydrogen (secondary N) is 1. The Balaban J connectivity index is 1.58. The predicted octanol–water partition coefficient (Wildman–Crippen LogP) is 2.24. The molecule has 3 rings (SSSR count). The van der Waals surface area contributed by atoms with Crippen molar-refractivity contribution in [2.24, 2.45) is 0 Å². The Kier molecular flexibility index (Phi) is 5.15. The van der Waals surface area contributed by atoms with E-state index in [0.29, 0.717) is 6.04 Å². The van der Waals surface area contributed by atoms with Gasteiger partial charge in [0.15, 0.2) is 0 Å². The van der Waals surface area contributed by atoms with Crippen molar-refractivity contribution < 1.29 is 4.74 Å². The highest BCUT2D eigenvalue weighted by Gasteiger charge is 2.23. The van der Waals surface area contributed by atoms with Crippen molar-refractivity contribution in [2.45, 2.75) is 19.0 Å². The van der Waals surface area contributed by atoms with Gasteiger partial charge in [0.05, 0.1) is 7.11 Å². The summed E-state index contributed by atoms with van der Waals surface area (Å²) >= 11 is 0. The summed E-state index contributed by atoms with van der Waals surface area (Å²) in [7, 11) is 5.69. The molecule has 0 radical (unpaired) electrons. The van der Waals surface area contributed by atoms with E-state index in [4.69, 9.17) is 4.74 Å². The summed E-state index contributed by atoms with van der Waals surface area (Å²) in [5, 5.41) is 3.53. The maximum absolute atomic E-state index is 5.45. The van der Waals surface area contributed by atoms with E-state index in [0.717, 1.165) is 43.4 Å². The van der Waals surface area contributed by atoms with Gasteiger partial charge in [0.25, 0.3) is 0 Å². The highest BCUT2D eigenvalue weighted by atomic mass is 16.5. The number of likely N-dealkylation sites (tertiary alicyclic amines) is 1. The Morgan fingerprint density at radius 1 is 1.29 bits per heavy atom. The molecule has 0 aliphatic carbocycles. The van der Waals surface area contributed by atoms with Gasteiger partial charge in [-0.25, -0.2) is 9.97 Å². The second kappa shape index (κ2) is 7.49. The van der Waals surface area contributed by atoms with Crippen molar-refractivity contribution in [1.82, 2.24) is 14.9 Å². The molecule has 2 heterocycles. The van der Waals surface area contributed by atoms with Gasteiger partial charge in [0.2, 0.25) is 0 Å². The summed E-state index contributed by atoms with van der Waals surface area (Å²) < 4.78 is 5.45. The van der Waals surface area contributed by atoms with Crippen LogP contribution in [0.15, 0.2) is 36.7 Å². The molecule has 1 unspecified atom stereocenters. The molecule has 1 aliphatic heterocycles. The van der Waals surface area contributed by atoms with Crippen LogP contribution < -0.4 is 15.0 Å². The van der Waals surface area contributed by atoms with E-state index in [1.807, 2.05) is 37.2 Å². The molecule has 1 aliphatic rings. The van der Waals surface area contributed by atoms with Crippen molar-refractivity contribution in [3.63, 3.8) is 0 Å². The first-order valence-electron chi connectivity index (χ1n) is 8.26. The lowest BCUT2D eigenvalue weighted by atomic mass is 10.2. The minimum absolute atomic E-state index is 0.407. The number of para-hydroxylation sites is 1. The average Bonchev–Trinajstić information content (AvgIpc) is 3.02. The number of hydrogen-bond donors (Lipinski definition) is 1. The quantitative estimate of drug-likeness (QED) is 0.878. The van der Waals surface area contributed by atoms with Gasteiger partial charge in [-0.2, -0.15) is 0 Å². The maximum atomic E-state index is 5.45. The topological polar surface area (TPSA) is 53.5 Å². The van der Waals surface area contributed by atoms with Crippen LogP contribution in [0.5, 0.6) is 5.75 Å². The van der Waals surface area contributed by atoms with E-state index in [9.17, 15) is 0 Å². The lowest BCUT2D eigenvalue weighted by Gasteiger charge is -2.19. The van der Waals surface area contributed by atoms with Gasteiger partial charge in [0.1, 0.15) is 23.7 Å². The summed E-state index contributed by atoms with van der Waals surface area (Å²) in [6, 6.07) is 10.6. The zero-order chi connectivity index (χ0) is 16.9. The van der Waals surface area contributed by atoms with Gasteiger partial charge < -0.3 is 15.0 Å². The lowest BCUT2D eigenvalue weighted by molar-refractivity contribution is 0.318. The Morgan fingerprint density at radius 3 is 2.92 bits per heavy atom. The second-order valence-electron chi connectivity index (χ2n) is 6.33. The van der Waals surface area contributed by atoms with Crippen LogP contribution in [-0.2, 0) is 6.54 Å².